The van der Waals surface area contributed by atoms with Crippen LogP contribution in [-0.2, 0) is 18.4 Å². The Bertz CT molecular complexity index is 933. The molecule has 0 aliphatic heterocycles. The SMILES string of the molecule is CCOP(=O)(OCC)C(=C(NC(=O)c1ccccc1)C(=O)O)c1ccc(Cl)cc1. The summed E-state index contributed by atoms with van der Waals surface area (Å²) in [5.41, 5.74) is -0.110. The number of hydrogen-bond donors (Lipinski definition) is 2. The second-order valence-corrected chi connectivity index (χ2v) is 8.08. The minimum Gasteiger partial charge on any atom is -0.477 e. The molecule has 0 radical (unpaired) electrons. The van der Waals surface area contributed by atoms with Gasteiger partial charge in [0, 0.05) is 10.6 Å². The summed E-state index contributed by atoms with van der Waals surface area (Å²) < 4.78 is 24.2. The first-order valence-electron chi connectivity index (χ1n) is 8.82. The molecule has 0 saturated carbocycles. The third-order valence-electron chi connectivity index (χ3n) is 3.71. The van der Waals surface area contributed by atoms with Crippen LogP contribution >= 0.6 is 19.2 Å². The summed E-state index contributed by atoms with van der Waals surface area (Å²) in [6.07, 6.45) is 0. The van der Waals surface area contributed by atoms with E-state index in [0.717, 1.165) is 0 Å². The molecule has 0 aliphatic rings. The van der Waals surface area contributed by atoms with E-state index in [1.54, 1.807) is 32.0 Å². The molecule has 2 aromatic carbocycles. The number of carboxylic acid groups (broad SMARTS) is 1. The quantitative estimate of drug-likeness (QED) is 0.432. The molecule has 7 nitrogen and oxygen atoms in total. The first-order chi connectivity index (χ1) is 13.8. The molecule has 2 aromatic rings. The van der Waals surface area contributed by atoms with Crippen molar-refractivity contribution in [3.63, 3.8) is 0 Å². The zero-order chi connectivity index (χ0) is 21.4. The highest BCUT2D eigenvalue weighted by molar-refractivity contribution is 7.65. The van der Waals surface area contributed by atoms with Gasteiger partial charge in [-0.2, -0.15) is 0 Å². The Hall–Kier alpha value is -2.44. The Morgan fingerprint density at radius 3 is 2.00 bits per heavy atom. The van der Waals surface area contributed by atoms with Gasteiger partial charge < -0.3 is 19.5 Å². The van der Waals surface area contributed by atoms with Gasteiger partial charge in [-0.3, -0.25) is 9.36 Å². The van der Waals surface area contributed by atoms with Crippen LogP contribution < -0.4 is 5.32 Å². The Morgan fingerprint density at radius 1 is 0.966 bits per heavy atom. The number of aliphatic carboxylic acids is 1. The number of halogens is 1. The van der Waals surface area contributed by atoms with Crippen LogP contribution in [0.5, 0.6) is 0 Å². The molecule has 2 rings (SSSR count). The molecule has 0 aromatic heterocycles. The van der Waals surface area contributed by atoms with E-state index in [0.29, 0.717) is 5.02 Å². The number of carbonyl (C=O) groups is 2. The van der Waals surface area contributed by atoms with Gasteiger partial charge in [0.1, 0.15) is 11.0 Å². The first-order valence-corrected chi connectivity index (χ1v) is 10.7. The van der Waals surface area contributed by atoms with E-state index in [-0.39, 0.29) is 29.7 Å². The monoisotopic (exact) mass is 437 g/mol. The van der Waals surface area contributed by atoms with Crippen molar-refractivity contribution in [3.05, 3.63) is 76.4 Å². The van der Waals surface area contributed by atoms with E-state index in [2.05, 4.69) is 5.32 Å². The Kier molecular flexibility index (Phi) is 8.17. The van der Waals surface area contributed by atoms with E-state index in [9.17, 15) is 19.3 Å². The molecule has 0 aliphatic carbocycles. The average Bonchev–Trinajstić information content (AvgIpc) is 2.69. The first kappa shape index (κ1) is 22.8. The lowest BCUT2D eigenvalue weighted by Gasteiger charge is -2.22. The second kappa shape index (κ2) is 10.4. The molecular weight excluding hydrogens is 417 g/mol. The third kappa shape index (κ3) is 5.78. The zero-order valence-electron chi connectivity index (χ0n) is 15.9. The number of rotatable bonds is 9. The van der Waals surface area contributed by atoms with Gasteiger partial charge in [0.25, 0.3) is 5.91 Å². The van der Waals surface area contributed by atoms with Crippen molar-refractivity contribution in [2.45, 2.75) is 13.8 Å². The van der Waals surface area contributed by atoms with Gasteiger partial charge in [-0.05, 0) is 43.7 Å². The second-order valence-electron chi connectivity index (χ2n) is 5.69. The summed E-state index contributed by atoms with van der Waals surface area (Å²) >= 11 is 5.93. The van der Waals surface area contributed by atoms with E-state index in [1.165, 1.54) is 36.4 Å². The highest BCUT2D eigenvalue weighted by atomic mass is 35.5. The highest BCUT2D eigenvalue weighted by Crippen LogP contribution is 2.61. The van der Waals surface area contributed by atoms with Gasteiger partial charge in [-0.1, -0.05) is 41.9 Å². The van der Waals surface area contributed by atoms with E-state index < -0.39 is 25.2 Å². The van der Waals surface area contributed by atoms with Gasteiger partial charge in [0.2, 0.25) is 0 Å². The molecule has 154 valence electrons. The fourth-order valence-corrected chi connectivity index (χ4v) is 4.57. The lowest BCUT2D eigenvalue weighted by molar-refractivity contribution is -0.132. The maximum absolute atomic E-state index is 13.5. The lowest BCUT2D eigenvalue weighted by atomic mass is 10.1. The van der Waals surface area contributed by atoms with Crippen LogP contribution in [0.1, 0.15) is 29.8 Å². The summed E-state index contributed by atoms with van der Waals surface area (Å²) in [5, 5.41) is 12.3. The molecule has 9 heteroatoms. The Morgan fingerprint density at radius 2 is 1.52 bits per heavy atom. The molecule has 1 amide bonds. The van der Waals surface area contributed by atoms with Gasteiger partial charge in [-0.25, -0.2) is 4.79 Å². The summed E-state index contributed by atoms with van der Waals surface area (Å²) in [6, 6.07) is 14.1. The predicted octanol–water partition coefficient (Wildman–Crippen LogP) is 4.79. The van der Waals surface area contributed by atoms with Crippen LogP contribution in [0.3, 0.4) is 0 Å². The standard InChI is InChI=1S/C20H21ClNO6P/c1-3-27-29(26,28-4-2)18(14-10-12-16(21)13-11-14)17(20(24)25)22-19(23)15-8-6-5-7-9-15/h5-13H,3-4H2,1-2H3,(H,22,23)(H,24,25). The minimum absolute atomic E-state index is 0.00784. The molecule has 0 bridgehead atoms. The molecule has 2 N–H and O–H groups in total. The number of nitrogens with one attached hydrogen (secondary N) is 1. The minimum atomic E-state index is -4.08. The van der Waals surface area contributed by atoms with Gasteiger partial charge in [-0.15, -0.1) is 0 Å². The van der Waals surface area contributed by atoms with Crippen LogP contribution in [0.25, 0.3) is 5.31 Å². The van der Waals surface area contributed by atoms with Gasteiger partial charge in [0.15, 0.2) is 0 Å². The van der Waals surface area contributed by atoms with Gasteiger partial charge in [0.05, 0.1) is 13.2 Å². The number of benzene rings is 2. The maximum Gasteiger partial charge on any atom is 0.364 e. The topological polar surface area (TPSA) is 102 Å². The zero-order valence-corrected chi connectivity index (χ0v) is 17.6. The molecule has 0 atom stereocenters. The molecule has 0 saturated heterocycles. The predicted molar refractivity (Wildman–Crippen MR) is 111 cm³/mol. The van der Waals surface area contributed by atoms with E-state index in [4.69, 9.17) is 20.6 Å². The molecule has 0 fully saturated rings. The van der Waals surface area contributed by atoms with Crippen LogP contribution in [-0.4, -0.2) is 30.2 Å². The van der Waals surface area contributed by atoms with Crippen LogP contribution in [0.4, 0.5) is 0 Å². The molecule has 0 heterocycles. The van der Waals surface area contributed by atoms with Crippen LogP contribution in [0.2, 0.25) is 5.02 Å². The smallest absolute Gasteiger partial charge is 0.364 e. The Labute approximate surface area is 173 Å². The fourth-order valence-electron chi connectivity index (χ4n) is 2.54. The van der Waals surface area contributed by atoms with Crippen molar-refractivity contribution in [1.82, 2.24) is 5.32 Å². The molecule has 29 heavy (non-hydrogen) atoms. The molecule has 0 spiro atoms. The molecular formula is C20H21ClNO6P. The maximum atomic E-state index is 13.5. The summed E-state index contributed by atoms with van der Waals surface area (Å²) in [5.74, 6) is -2.16. The Balaban J connectivity index is 2.69. The van der Waals surface area contributed by atoms with Crippen molar-refractivity contribution in [1.29, 1.82) is 0 Å². The van der Waals surface area contributed by atoms with Crippen molar-refractivity contribution < 1.29 is 28.3 Å². The van der Waals surface area contributed by atoms with Crippen LogP contribution in [0.15, 0.2) is 60.3 Å². The van der Waals surface area contributed by atoms with E-state index >= 15 is 0 Å². The fraction of sp³-hybridized carbons (Fsp3) is 0.200. The lowest BCUT2D eigenvalue weighted by Crippen LogP contribution is -2.29. The highest BCUT2D eigenvalue weighted by Gasteiger charge is 2.37. The van der Waals surface area contributed by atoms with Crippen LogP contribution in [0, 0.1) is 0 Å². The summed E-state index contributed by atoms with van der Waals surface area (Å²) in [6.45, 7) is 3.23. The van der Waals surface area contributed by atoms with Crippen molar-refractivity contribution in [3.8, 4) is 0 Å². The van der Waals surface area contributed by atoms with Crippen molar-refractivity contribution in [2.75, 3.05) is 13.2 Å². The summed E-state index contributed by atoms with van der Waals surface area (Å²) in [7, 11) is -4.08. The van der Waals surface area contributed by atoms with Crippen molar-refractivity contribution >= 4 is 36.4 Å². The third-order valence-corrected chi connectivity index (χ3v) is 6.19. The van der Waals surface area contributed by atoms with E-state index in [1.807, 2.05) is 0 Å². The number of carboxylic acids is 1. The average molecular weight is 438 g/mol. The number of carbonyl (C=O) groups excluding carboxylic acids is 1. The van der Waals surface area contributed by atoms with Gasteiger partial charge >= 0.3 is 13.6 Å². The largest absolute Gasteiger partial charge is 0.477 e. The normalized spacial score (nSPS) is 12.2. The number of hydrogen-bond acceptors (Lipinski definition) is 5. The number of amides is 1. The summed E-state index contributed by atoms with van der Waals surface area (Å²) in [4.78, 5) is 24.7. The van der Waals surface area contributed by atoms with Crippen molar-refractivity contribution in [2.24, 2.45) is 0 Å². The molecule has 0 unspecified atom stereocenters.